The predicted octanol–water partition coefficient (Wildman–Crippen LogP) is -0.259. The maximum Gasteiger partial charge on any atom is 0.487 e. The molecule has 0 radical (unpaired) electrons. The second-order valence-electron chi connectivity index (χ2n) is 1.15. The first-order valence-electron chi connectivity index (χ1n) is 1.86. The quantitative estimate of drug-likeness (QED) is 0.369. The molecular formula is C4H7BO2. The second-order valence-corrected chi connectivity index (χ2v) is 1.15. The van der Waals surface area contributed by atoms with Crippen molar-refractivity contribution < 1.29 is 10.0 Å². The minimum absolute atomic E-state index is 0.222. The minimum Gasteiger partial charge on any atom is -0.423 e. The Morgan fingerprint density at radius 2 is 2.00 bits per heavy atom. The van der Waals surface area contributed by atoms with Crippen LogP contribution in [0.2, 0.25) is 0 Å². The van der Waals surface area contributed by atoms with Crippen LogP contribution in [-0.4, -0.2) is 17.2 Å². The van der Waals surface area contributed by atoms with Crippen molar-refractivity contribution in [1.82, 2.24) is 0 Å². The molecule has 0 aromatic heterocycles. The Balaban J connectivity index is 3.56. The van der Waals surface area contributed by atoms with Crippen molar-refractivity contribution in [2.24, 2.45) is 0 Å². The molecule has 0 saturated carbocycles. The van der Waals surface area contributed by atoms with Gasteiger partial charge in [-0.05, 0) is 5.47 Å². The zero-order valence-corrected chi connectivity index (χ0v) is 3.96. The molecule has 0 aromatic carbocycles. The van der Waals surface area contributed by atoms with Gasteiger partial charge >= 0.3 is 7.12 Å². The third-order valence-corrected chi connectivity index (χ3v) is 0.594. The van der Waals surface area contributed by atoms with E-state index in [1.807, 2.05) is 0 Å². The van der Waals surface area contributed by atoms with Gasteiger partial charge in [0.2, 0.25) is 0 Å². The normalized spacial score (nSPS) is 7.71. The number of hydrogen-bond donors (Lipinski definition) is 2. The van der Waals surface area contributed by atoms with Crippen molar-refractivity contribution in [2.75, 3.05) is 0 Å². The molecule has 0 aromatic rings. The Labute approximate surface area is 42.9 Å². The van der Waals surface area contributed by atoms with Gasteiger partial charge in [-0.15, -0.1) is 0 Å². The van der Waals surface area contributed by atoms with E-state index in [9.17, 15) is 0 Å². The molecule has 0 amide bonds. The molecule has 0 unspecified atom stereocenters. The standard InChI is InChI=1S/C4H7BO2/c1-3-4(2)5(6)7/h3,6-7H,1-2H2. The molecule has 2 nitrogen and oxygen atoms in total. The second kappa shape index (κ2) is 2.61. The molecule has 7 heavy (non-hydrogen) atoms. The molecule has 0 aliphatic rings. The summed E-state index contributed by atoms with van der Waals surface area (Å²) in [6, 6.07) is 0. The molecule has 0 saturated heterocycles. The number of allylic oxidation sites excluding steroid dienone is 2. The lowest BCUT2D eigenvalue weighted by molar-refractivity contribution is 0.421. The van der Waals surface area contributed by atoms with E-state index in [0.29, 0.717) is 0 Å². The molecule has 0 heterocycles. The van der Waals surface area contributed by atoms with Crippen molar-refractivity contribution in [2.45, 2.75) is 0 Å². The van der Waals surface area contributed by atoms with Crippen LogP contribution in [-0.2, 0) is 0 Å². The first-order chi connectivity index (χ1) is 3.18. The van der Waals surface area contributed by atoms with Crippen molar-refractivity contribution in [3.63, 3.8) is 0 Å². The lowest BCUT2D eigenvalue weighted by Gasteiger charge is -1.90. The molecule has 0 rings (SSSR count). The van der Waals surface area contributed by atoms with Crippen molar-refractivity contribution >= 4 is 7.12 Å². The molecular weight excluding hydrogens is 90.9 g/mol. The van der Waals surface area contributed by atoms with Crippen LogP contribution >= 0.6 is 0 Å². The lowest BCUT2D eigenvalue weighted by Crippen LogP contribution is -2.11. The van der Waals surface area contributed by atoms with E-state index in [1.165, 1.54) is 6.08 Å². The minimum atomic E-state index is -1.45. The number of hydrogen-bond acceptors (Lipinski definition) is 2. The average molecular weight is 97.9 g/mol. The fraction of sp³-hybridized carbons (Fsp3) is 0. The summed E-state index contributed by atoms with van der Waals surface area (Å²) in [6.45, 7) is 6.52. The average Bonchev–Trinajstić information content (AvgIpc) is 1.65. The van der Waals surface area contributed by atoms with E-state index < -0.39 is 7.12 Å². The van der Waals surface area contributed by atoms with Gasteiger partial charge in [-0.3, -0.25) is 0 Å². The van der Waals surface area contributed by atoms with Gasteiger partial charge in [-0.2, -0.15) is 0 Å². The van der Waals surface area contributed by atoms with Crippen LogP contribution in [0.5, 0.6) is 0 Å². The lowest BCUT2D eigenvalue weighted by atomic mass is 9.81. The predicted molar refractivity (Wildman–Crippen MR) is 29.5 cm³/mol. The molecule has 2 N–H and O–H groups in total. The van der Waals surface area contributed by atoms with Gasteiger partial charge in [0, 0.05) is 0 Å². The fourth-order valence-corrected chi connectivity index (χ4v) is 0.105. The first-order valence-corrected chi connectivity index (χ1v) is 1.86. The van der Waals surface area contributed by atoms with E-state index in [-0.39, 0.29) is 5.47 Å². The van der Waals surface area contributed by atoms with Crippen molar-refractivity contribution in [3.05, 3.63) is 24.7 Å². The Kier molecular flexibility index (Phi) is 2.41. The van der Waals surface area contributed by atoms with Crippen LogP contribution in [0, 0.1) is 0 Å². The zero-order valence-electron chi connectivity index (χ0n) is 3.96. The number of rotatable bonds is 2. The van der Waals surface area contributed by atoms with Crippen LogP contribution in [0.1, 0.15) is 0 Å². The summed E-state index contributed by atoms with van der Waals surface area (Å²) in [6.07, 6.45) is 1.30. The van der Waals surface area contributed by atoms with Gasteiger partial charge in [0.1, 0.15) is 0 Å². The van der Waals surface area contributed by atoms with Gasteiger partial charge in [-0.25, -0.2) is 0 Å². The third kappa shape index (κ3) is 2.20. The first kappa shape index (κ1) is 6.46. The molecule has 3 heteroatoms. The highest BCUT2D eigenvalue weighted by atomic mass is 16.4. The van der Waals surface area contributed by atoms with Gasteiger partial charge in [0.05, 0.1) is 0 Å². The van der Waals surface area contributed by atoms with E-state index in [0.717, 1.165) is 0 Å². The Hall–Kier alpha value is -0.535. The van der Waals surface area contributed by atoms with Crippen molar-refractivity contribution in [1.29, 1.82) is 0 Å². The van der Waals surface area contributed by atoms with Gasteiger partial charge in [0.25, 0.3) is 0 Å². The van der Waals surface area contributed by atoms with Crippen LogP contribution in [0.4, 0.5) is 0 Å². The molecule has 0 aliphatic heterocycles. The summed E-state index contributed by atoms with van der Waals surface area (Å²) < 4.78 is 0. The highest BCUT2D eigenvalue weighted by Gasteiger charge is 2.06. The molecule has 0 aliphatic carbocycles. The van der Waals surface area contributed by atoms with E-state index in [4.69, 9.17) is 10.0 Å². The van der Waals surface area contributed by atoms with Gasteiger partial charge < -0.3 is 10.0 Å². The fourth-order valence-electron chi connectivity index (χ4n) is 0.105. The topological polar surface area (TPSA) is 40.5 Å². The highest BCUT2D eigenvalue weighted by Crippen LogP contribution is 1.89. The van der Waals surface area contributed by atoms with E-state index in [1.54, 1.807) is 0 Å². The molecule has 38 valence electrons. The smallest absolute Gasteiger partial charge is 0.423 e. The van der Waals surface area contributed by atoms with E-state index in [2.05, 4.69) is 13.2 Å². The molecule has 0 spiro atoms. The largest absolute Gasteiger partial charge is 0.487 e. The van der Waals surface area contributed by atoms with Gasteiger partial charge in [0.15, 0.2) is 0 Å². The van der Waals surface area contributed by atoms with E-state index >= 15 is 0 Å². The maximum absolute atomic E-state index is 8.21. The Morgan fingerprint density at radius 1 is 1.57 bits per heavy atom. The SMILES string of the molecule is C=CC(=C)B(O)O. The summed E-state index contributed by atoms with van der Waals surface area (Å²) in [4.78, 5) is 0. The van der Waals surface area contributed by atoms with Crippen molar-refractivity contribution in [3.8, 4) is 0 Å². The summed E-state index contributed by atoms with van der Waals surface area (Å²) in [5.41, 5.74) is 0.222. The summed E-state index contributed by atoms with van der Waals surface area (Å²) in [5.74, 6) is 0. The molecule has 0 fully saturated rings. The Morgan fingerprint density at radius 3 is 2.00 bits per heavy atom. The Bertz CT molecular complexity index is 87.7. The van der Waals surface area contributed by atoms with Gasteiger partial charge in [-0.1, -0.05) is 19.2 Å². The van der Waals surface area contributed by atoms with Crippen LogP contribution < -0.4 is 0 Å². The molecule has 0 atom stereocenters. The summed E-state index contributed by atoms with van der Waals surface area (Å²) >= 11 is 0. The zero-order chi connectivity index (χ0) is 5.86. The highest BCUT2D eigenvalue weighted by molar-refractivity contribution is 6.51. The summed E-state index contributed by atoms with van der Waals surface area (Å²) in [7, 11) is -1.45. The molecule has 0 bridgehead atoms. The van der Waals surface area contributed by atoms with Crippen LogP contribution in [0.3, 0.4) is 0 Å². The summed E-state index contributed by atoms with van der Waals surface area (Å²) in [5, 5.41) is 16.4. The monoisotopic (exact) mass is 98.1 g/mol. The van der Waals surface area contributed by atoms with Crippen LogP contribution in [0.25, 0.3) is 0 Å². The van der Waals surface area contributed by atoms with Crippen LogP contribution in [0.15, 0.2) is 24.7 Å². The third-order valence-electron chi connectivity index (χ3n) is 0.594. The maximum atomic E-state index is 8.21.